The van der Waals surface area contributed by atoms with Crippen LogP contribution in [0.15, 0.2) is 52.3 Å². The van der Waals surface area contributed by atoms with Gasteiger partial charge in [-0.2, -0.15) is 16.8 Å². The number of hydrogen-bond acceptors (Lipinski definition) is 4. The predicted molar refractivity (Wildman–Crippen MR) is 70.3 cm³/mol. The number of hydrogen-bond donors (Lipinski definition) is 2. The molecule has 0 aliphatic rings. The van der Waals surface area contributed by atoms with Gasteiger partial charge in [-0.25, -0.2) is 0 Å². The Labute approximate surface area is 116 Å². The third-order valence-corrected chi connectivity index (χ3v) is 4.21. The minimum absolute atomic E-state index is 0.269. The van der Waals surface area contributed by atoms with E-state index in [9.17, 15) is 16.8 Å². The smallest absolute Gasteiger partial charge is 0.282 e. The molecular weight excluding hydrogens is 304 g/mol. The minimum Gasteiger partial charge on any atom is -0.282 e. The molecule has 0 amide bonds. The fraction of sp³-hybridized carbons (Fsp3) is 0. The fourth-order valence-corrected chi connectivity index (χ4v) is 2.63. The van der Waals surface area contributed by atoms with Gasteiger partial charge in [0.1, 0.15) is 0 Å². The molecule has 0 fully saturated rings. The Balaban J connectivity index is 2.58. The van der Waals surface area contributed by atoms with Gasteiger partial charge in [-0.05, 0) is 41.5 Å². The molecule has 105 valence electrons. The van der Waals surface area contributed by atoms with Crippen molar-refractivity contribution in [3.63, 3.8) is 0 Å². The molecule has 2 N–H and O–H groups in total. The lowest BCUT2D eigenvalue weighted by atomic mass is 10.1. The van der Waals surface area contributed by atoms with Gasteiger partial charge in [0, 0.05) is 0 Å². The average molecular weight is 313 g/mol. The van der Waals surface area contributed by atoms with E-state index in [1.54, 1.807) is 0 Å². The first kappa shape index (κ1) is 14.7. The van der Waals surface area contributed by atoms with Crippen molar-refractivity contribution in [2.24, 2.45) is 0 Å². The van der Waals surface area contributed by atoms with Crippen LogP contribution >= 0.6 is 0 Å². The molecule has 0 aromatic heterocycles. The summed E-state index contributed by atoms with van der Waals surface area (Å²) >= 11 is 0. The van der Waals surface area contributed by atoms with Crippen molar-refractivity contribution in [3.05, 3.63) is 48.5 Å². The van der Waals surface area contributed by atoms with Crippen LogP contribution in [0.5, 0.6) is 0 Å². The van der Waals surface area contributed by atoms with Crippen molar-refractivity contribution < 1.29 is 25.9 Å². The maximum Gasteiger partial charge on any atom is 0.294 e. The Morgan fingerprint density at radius 3 is 2.05 bits per heavy atom. The number of rotatable bonds is 3. The van der Waals surface area contributed by atoms with Crippen molar-refractivity contribution in [1.29, 1.82) is 0 Å². The van der Waals surface area contributed by atoms with Crippen LogP contribution in [0.3, 0.4) is 0 Å². The average Bonchev–Trinajstić information content (AvgIpc) is 2.37. The summed E-state index contributed by atoms with van der Waals surface area (Å²) in [4.78, 5) is -0.649. The Morgan fingerprint density at radius 1 is 0.850 bits per heavy atom. The fourth-order valence-electron chi connectivity index (χ4n) is 1.60. The van der Waals surface area contributed by atoms with Crippen molar-refractivity contribution in [2.45, 2.75) is 9.79 Å². The summed E-state index contributed by atoms with van der Waals surface area (Å²) in [6, 6.07) is 11.6. The molecule has 0 aliphatic carbocycles. The molecule has 0 aliphatic heterocycles. The van der Waals surface area contributed by atoms with E-state index < -0.39 is 20.2 Å². The summed E-state index contributed by atoms with van der Waals surface area (Å²) in [5, 5.41) is 0. The predicted octanol–water partition coefficient (Wildman–Crippen LogP) is 1.65. The molecule has 2 aromatic rings. The van der Waals surface area contributed by atoms with E-state index in [0.29, 0.717) is 5.56 Å². The van der Waals surface area contributed by atoms with Crippen LogP contribution in [0.1, 0.15) is 0 Å². The van der Waals surface area contributed by atoms with Crippen molar-refractivity contribution in [3.8, 4) is 11.1 Å². The molecule has 20 heavy (non-hydrogen) atoms. The zero-order chi connectivity index (χ0) is 15.0. The van der Waals surface area contributed by atoms with Crippen LogP contribution in [0.2, 0.25) is 0 Å². The maximum absolute atomic E-state index is 11.1. The molecule has 0 saturated heterocycles. The third-order valence-electron chi connectivity index (χ3n) is 2.51. The molecule has 2 aromatic carbocycles. The second kappa shape index (κ2) is 4.98. The van der Waals surface area contributed by atoms with Crippen LogP contribution in [0.4, 0.5) is 0 Å². The van der Waals surface area contributed by atoms with Gasteiger partial charge in [0.15, 0.2) is 0 Å². The van der Waals surface area contributed by atoms with Crippen LogP contribution in [0, 0.1) is 6.07 Å². The zero-order valence-corrected chi connectivity index (χ0v) is 11.5. The molecule has 0 unspecified atom stereocenters. The van der Waals surface area contributed by atoms with E-state index in [4.69, 9.17) is 9.11 Å². The summed E-state index contributed by atoms with van der Waals surface area (Å²) < 4.78 is 62.1. The highest BCUT2D eigenvalue weighted by atomic mass is 32.2. The molecule has 0 spiro atoms. The second-order valence-corrected chi connectivity index (χ2v) is 6.76. The van der Waals surface area contributed by atoms with Gasteiger partial charge in [0.05, 0.1) is 9.79 Å². The summed E-state index contributed by atoms with van der Waals surface area (Å²) in [7, 11) is -8.71. The molecule has 0 saturated carbocycles. The van der Waals surface area contributed by atoms with Crippen molar-refractivity contribution in [2.75, 3.05) is 0 Å². The Bertz CT molecular complexity index is 780. The summed E-state index contributed by atoms with van der Waals surface area (Å²) in [5.41, 5.74) is 0.608. The SMILES string of the molecule is O=S(=O)(O)c1cc[c]c(-c2cccc(S(=O)(=O)O)c2)c1. The van der Waals surface area contributed by atoms with Crippen LogP contribution in [-0.2, 0) is 20.2 Å². The summed E-state index contributed by atoms with van der Waals surface area (Å²) in [6.07, 6.45) is 0. The van der Waals surface area contributed by atoms with E-state index in [1.807, 2.05) is 0 Å². The molecule has 1 radical (unpaired) electrons. The quantitative estimate of drug-likeness (QED) is 0.834. The first-order valence-corrected chi connectivity index (χ1v) is 8.13. The topological polar surface area (TPSA) is 109 Å². The molecule has 6 nitrogen and oxygen atoms in total. The van der Waals surface area contributed by atoms with Crippen LogP contribution < -0.4 is 0 Å². The Morgan fingerprint density at radius 2 is 1.45 bits per heavy atom. The monoisotopic (exact) mass is 313 g/mol. The van der Waals surface area contributed by atoms with Crippen LogP contribution in [0.25, 0.3) is 11.1 Å². The minimum atomic E-state index is -4.36. The lowest BCUT2D eigenvalue weighted by Gasteiger charge is -2.05. The van der Waals surface area contributed by atoms with Crippen LogP contribution in [-0.4, -0.2) is 25.9 Å². The van der Waals surface area contributed by atoms with Gasteiger partial charge in [0.2, 0.25) is 0 Å². The molecule has 0 bridgehead atoms. The van der Waals surface area contributed by atoms with Gasteiger partial charge in [-0.3, -0.25) is 9.11 Å². The van der Waals surface area contributed by atoms with E-state index in [0.717, 1.165) is 12.1 Å². The van der Waals surface area contributed by atoms with E-state index in [2.05, 4.69) is 6.07 Å². The highest BCUT2D eigenvalue weighted by molar-refractivity contribution is 7.86. The summed E-state index contributed by atoms with van der Waals surface area (Å²) in [6.45, 7) is 0. The van der Waals surface area contributed by atoms with Gasteiger partial charge in [0.25, 0.3) is 20.2 Å². The first-order chi connectivity index (χ1) is 9.18. The highest BCUT2D eigenvalue weighted by Crippen LogP contribution is 2.24. The van der Waals surface area contributed by atoms with Gasteiger partial charge in [-0.15, -0.1) is 0 Å². The first-order valence-electron chi connectivity index (χ1n) is 5.25. The lowest BCUT2D eigenvalue weighted by Crippen LogP contribution is -1.99. The second-order valence-electron chi connectivity index (χ2n) is 3.92. The van der Waals surface area contributed by atoms with E-state index in [-0.39, 0.29) is 15.4 Å². The van der Waals surface area contributed by atoms with Gasteiger partial charge < -0.3 is 0 Å². The Kier molecular flexibility index (Phi) is 3.65. The molecule has 0 heterocycles. The number of benzene rings is 2. The van der Waals surface area contributed by atoms with E-state index >= 15 is 0 Å². The molecule has 8 heteroatoms. The third kappa shape index (κ3) is 3.23. The lowest BCUT2D eigenvalue weighted by molar-refractivity contribution is 0.481. The van der Waals surface area contributed by atoms with E-state index in [1.165, 1.54) is 30.3 Å². The Hall–Kier alpha value is -1.74. The molecule has 0 atom stereocenters. The van der Waals surface area contributed by atoms with Crippen molar-refractivity contribution >= 4 is 20.2 Å². The highest BCUT2D eigenvalue weighted by Gasteiger charge is 2.13. The largest absolute Gasteiger partial charge is 0.294 e. The standard InChI is InChI=1S/C12H9O6S2/c13-19(14,15)11-5-1-3-9(7-11)10-4-2-6-12(8-10)20(16,17)18/h1-3,5-8H,(H,13,14,15)(H,16,17,18). The zero-order valence-electron chi connectivity index (χ0n) is 9.89. The maximum atomic E-state index is 11.1. The normalized spacial score (nSPS) is 12.3. The van der Waals surface area contributed by atoms with Crippen molar-refractivity contribution in [1.82, 2.24) is 0 Å². The molecule has 2 rings (SSSR count). The van der Waals surface area contributed by atoms with Gasteiger partial charge >= 0.3 is 0 Å². The summed E-state index contributed by atoms with van der Waals surface area (Å²) in [5.74, 6) is 0. The molecular formula is C12H9O6S2. The van der Waals surface area contributed by atoms with Gasteiger partial charge in [-0.1, -0.05) is 18.2 Å².